The van der Waals surface area contributed by atoms with E-state index < -0.39 is 5.38 Å². The maximum absolute atomic E-state index is 11.1. The molecule has 1 atom stereocenters. The standard InChI is InChI=1S/C10H11ClO2S/c1-6(13)10(11)9-7(5-12)3-2-4-8(9)14/h2-4,10,12,14H,5H2,1H3. The molecule has 0 saturated heterocycles. The SMILES string of the molecule is CC(=O)C(Cl)c1c(S)cccc1CO. The Morgan fingerprint density at radius 1 is 1.64 bits per heavy atom. The van der Waals surface area contributed by atoms with Crippen LogP contribution in [0.25, 0.3) is 0 Å². The zero-order valence-corrected chi connectivity index (χ0v) is 9.35. The lowest BCUT2D eigenvalue weighted by molar-refractivity contribution is -0.116. The summed E-state index contributed by atoms with van der Waals surface area (Å²) < 4.78 is 0. The zero-order valence-electron chi connectivity index (χ0n) is 7.70. The number of halogens is 1. The molecular formula is C10H11ClO2S. The minimum atomic E-state index is -0.731. The number of benzene rings is 1. The second-order valence-corrected chi connectivity index (χ2v) is 3.90. The Hall–Kier alpha value is -0.510. The van der Waals surface area contributed by atoms with Gasteiger partial charge in [-0.1, -0.05) is 12.1 Å². The summed E-state index contributed by atoms with van der Waals surface area (Å²) in [6, 6.07) is 5.24. The lowest BCUT2D eigenvalue weighted by Crippen LogP contribution is -2.06. The van der Waals surface area contributed by atoms with Gasteiger partial charge < -0.3 is 5.11 Å². The Morgan fingerprint density at radius 3 is 2.79 bits per heavy atom. The number of hydrogen-bond acceptors (Lipinski definition) is 3. The van der Waals surface area contributed by atoms with Crippen molar-refractivity contribution in [3.8, 4) is 0 Å². The van der Waals surface area contributed by atoms with Crippen LogP contribution in [0.1, 0.15) is 23.4 Å². The average molecular weight is 231 g/mol. The molecule has 1 unspecified atom stereocenters. The number of carbonyl (C=O) groups excluding carboxylic acids is 1. The van der Waals surface area contributed by atoms with Crippen molar-refractivity contribution in [1.29, 1.82) is 0 Å². The largest absolute Gasteiger partial charge is 0.392 e. The molecule has 1 rings (SSSR count). The maximum Gasteiger partial charge on any atom is 0.152 e. The Labute approximate surface area is 93.3 Å². The normalized spacial score (nSPS) is 12.6. The first kappa shape index (κ1) is 11.6. The topological polar surface area (TPSA) is 37.3 Å². The van der Waals surface area contributed by atoms with E-state index in [-0.39, 0.29) is 12.4 Å². The molecule has 76 valence electrons. The van der Waals surface area contributed by atoms with Crippen LogP contribution in [0, 0.1) is 0 Å². The second kappa shape index (κ2) is 4.82. The van der Waals surface area contributed by atoms with Crippen LogP contribution in [0.3, 0.4) is 0 Å². The summed E-state index contributed by atoms with van der Waals surface area (Å²) in [5, 5.41) is 8.34. The molecule has 0 saturated carbocycles. The number of alkyl halides is 1. The summed E-state index contributed by atoms with van der Waals surface area (Å²) in [5.41, 5.74) is 1.25. The van der Waals surface area contributed by atoms with Crippen molar-refractivity contribution >= 4 is 30.0 Å². The van der Waals surface area contributed by atoms with Gasteiger partial charge in [-0.15, -0.1) is 24.2 Å². The molecule has 0 spiro atoms. The van der Waals surface area contributed by atoms with Gasteiger partial charge in [0, 0.05) is 4.90 Å². The van der Waals surface area contributed by atoms with E-state index >= 15 is 0 Å². The molecule has 0 bridgehead atoms. The number of Topliss-reactive ketones (excluding diaryl/α,β-unsaturated/α-hetero) is 1. The summed E-state index contributed by atoms with van der Waals surface area (Å²) >= 11 is 10.1. The third-order valence-electron chi connectivity index (χ3n) is 1.95. The number of hydrogen-bond donors (Lipinski definition) is 2. The van der Waals surface area contributed by atoms with Gasteiger partial charge in [0.1, 0.15) is 5.38 Å². The molecule has 0 radical (unpaired) electrons. The molecule has 1 N–H and O–H groups in total. The molecule has 0 aliphatic heterocycles. The molecule has 0 fully saturated rings. The number of ketones is 1. The van der Waals surface area contributed by atoms with Crippen LogP contribution in [0.4, 0.5) is 0 Å². The Balaban J connectivity index is 3.23. The fourth-order valence-electron chi connectivity index (χ4n) is 1.23. The molecule has 4 heteroatoms. The molecule has 0 heterocycles. The fraction of sp³-hybridized carbons (Fsp3) is 0.300. The molecule has 1 aromatic carbocycles. The van der Waals surface area contributed by atoms with Crippen LogP contribution < -0.4 is 0 Å². The number of thiol groups is 1. The molecule has 0 amide bonds. The van der Waals surface area contributed by atoms with E-state index in [0.29, 0.717) is 16.0 Å². The average Bonchev–Trinajstić information content (AvgIpc) is 2.16. The first-order valence-corrected chi connectivity index (χ1v) is 5.02. The Kier molecular flexibility index (Phi) is 3.98. The van der Waals surface area contributed by atoms with Crippen molar-refractivity contribution in [3.05, 3.63) is 29.3 Å². The minimum Gasteiger partial charge on any atom is -0.392 e. The predicted octanol–water partition coefficient (Wildman–Crippen LogP) is 2.34. The highest BCUT2D eigenvalue weighted by molar-refractivity contribution is 7.80. The maximum atomic E-state index is 11.1. The third-order valence-corrected chi connectivity index (χ3v) is 2.87. The van der Waals surface area contributed by atoms with Gasteiger partial charge in [0.05, 0.1) is 6.61 Å². The number of rotatable bonds is 3. The van der Waals surface area contributed by atoms with Gasteiger partial charge in [0.2, 0.25) is 0 Å². The van der Waals surface area contributed by atoms with Crippen LogP contribution >= 0.6 is 24.2 Å². The molecule has 0 aliphatic carbocycles. The quantitative estimate of drug-likeness (QED) is 0.618. The first-order valence-electron chi connectivity index (χ1n) is 4.14. The molecule has 0 aliphatic rings. The van der Waals surface area contributed by atoms with E-state index in [1.807, 2.05) is 0 Å². The molecular weight excluding hydrogens is 220 g/mol. The van der Waals surface area contributed by atoms with Crippen molar-refractivity contribution in [3.63, 3.8) is 0 Å². The van der Waals surface area contributed by atoms with Crippen molar-refractivity contribution < 1.29 is 9.90 Å². The summed E-state index contributed by atoms with van der Waals surface area (Å²) in [6.07, 6.45) is 0. The van der Waals surface area contributed by atoms with Gasteiger partial charge in [-0.3, -0.25) is 4.79 Å². The number of aliphatic hydroxyl groups excluding tert-OH is 1. The summed E-state index contributed by atoms with van der Waals surface area (Å²) in [5.74, 6) is -0.150. The van der Waals surface area contributed by atoms with Crippen LogP contribution in [0.15, 0.2) is 23.1 Å². The first-order chi connectivity index (χ1) is 6.57. The van der Waals surface area contributed by atoms with Gasteiger partial charge in [-0.2, -0.15) is 0 Å². The lowest BCUT2D eigenvalue weighted by atomic mass is 10.0. The predicted molar refractivity (Wildman–Crippen MR) is 58.9 cm³/mol. The monoisotopic (exact) mass is 230 g/mol. The van der Waals surface area contributed by atoms with Gasteiger partial charge >= 0.3 is 0 Å². The highest BCUT2D eigenvalue weighted by Crippen LogP contribution is 2.30. The summed E-state index contributed by atoms with van der Waals surface area (Å²) in [7, 11) is 0. The molecule has 1 aromatic rings. The lowest BCUT2D eigenvalue weighted by Gasteiger charge is -2.13. The highest BCUT2D eigenvalue weighted by Gasteiger charge is 2.18. The molecule has 14 heavy (non-hydrogen) atoms. The Bertz CT molecular complexity index is 352. The van der Waals surface area contributed by atoms with Crippen LogP contribution in [0.5, 0.6) is 0 Å². The molecule has 0 aromatic heterocycles. The van der Waals surface area contributed by atoms with Crippen LogP contribution in [-0.4, -0.2) is 10.9 Å². The number of carbonyl (C=O) groups is 1. The summed E-state index contributed by atoms with van der Waals surface area (Å²) in [6.45, 7) is 1.28. The smallest absolute Gasteiger partial charge is 0.152 e. The van der Waals surface area contributed by atoms with Crippen LogP contribution in [-0.2, 0) is 11.4 Å². The van der Waals surface area contributed by atoms with Crippen molar-refractivity contribution in [2.24, 2.45) is 0 Å². The Morgan fingerprint density at radius 2 is 2.29 bits per heavy atom. The van der Waals surface area contributed by atoms with E-state index in [1.165, 1.54) is 6.92 Å². The third kappa shape index (κ3) is 2.29. The van der Waals surface area contributed by atoms with Crippen molar-refractivity contribution in [1.82, 2.24) is 0 Å². The van der Waals surface area contributed by atoms with E-state index in [4.69, 9.17) is 16.7 Å². The van der Waals surface area contributed by atoms with E-state index in [9.17, 15) is 4.79 Å². The molecule has 2 nitrogen and oxygen atoms in total. The van der Waals surface area contributed by atoms with Crippen LogP contribution in [0.2, 0.25) is 0 Å². The summed E-state index contributed by atoms with van der Waals surface area (Å²) in [4.78, 5) is 11.7. The zero-order chi connectivity index (χ0) is 10.7. The van der Waals surface area contributed by atoms with E-state index in [0.717, 1.165) is 0 Å². The highest BCUT2D eigenvalue weighted by atomic mass is 35.5. The van der Waals surface area contributed by atoms with Gasteiger partial charge in [-0.05, 0) is 24.1 Å². The van der Waals surface area contributed by atoms with E-state index in [1.54, 1.807) is 18.2 Å². The van der Waals surface area contributed by atoms with Gasteiger partial charge in [0.15, 0.2) is 5.78 Å². The second-order valence-electron chi connectivity index (χ2n) is 2.98. The van der Waals surface area contributed by atoms with Crippen molar-refractivity contribution in [2.45, 2.75) is 23.8 Å². The van der Waals surface area contributed by atoms with E-state index in [2.05, 4.69) is 12.6 Å². The minimum absolute atomic E-state index is 0.139. The van der Waals surface area contributed by atoms with Gasteiger partial charge in [-0.25, -0.2) is 0 Å². The number of aliphatic hydroxyl groups is 1. The fourth-order valence-corrected chi connectivity index (χ4v) is 1.93. The van der Waals surface area contributed by atoms with Crippen molar-refractivity contribution in [2.75, 3.05) is 0 Å². The van der Waals surface area contributed by atoms with Gasteiger partial charge in [0.25, 0.3) is 0 Å².